The summed E-state index contributed by atoms with van der Waals surface area (Å²) in [6.07, 6.45) is 3.31. The van der Waals surface area contributed by atoms with Crippen LogP contribution < -0.4 is 4.72 Å². The van der Waals surface area contributed by atoms with Crippen molar-refractivity contribution in [3.8, 4) is 0 Å². The third-order valence-corrected chi connectivity index (χ3v) is 5.69. The van der Waals surface area contributed by atoms with Crippen molar-refractivity contribution in [3.05, 3.63) is 70.5 Å². The second-order valence-electron chi connectivity index (χ2n) is 6.07. The highest BCUT2D eigenvalue weighted by molar-refractivity contribution is 7.88. The molecule has 2 aromatic carbocycles. The number of hydrogen-bond donors (Lipinski definition) is 1. The monoisotopic (exact) mass is 333 g/mol. The molecule has 1 aliphatic rings. The Morgan fingerprint density at radius 2 is 1.87 bits per heavy atom. The smallest absolute Gasteiger partial charge is 0.212 e. The molecule has 23 heavy (non-hydrogen) atoms. The van der Waals surface area contributed by atoms with Crippen LogP contribution in [-0.4, -0.2) is 8.42 Å². The summed E-state index contributed by atoms with van der Waals surface area (Å²) >= 11 is 0. The molecule has 0 unspecified atom stereocenters. The van der Waals surface area contributed by atoms with Gasteiger partial charge >= 0.3 is 0 Å². The van der Waals surface area contributed by atoms with Crippen LogP contribution in [0.1, 0.15) is 41.6 Å². The van der Waals surface area contributed by atoms with E-state index in [1.54, 1.807) is 12.1 Å². The van der Waals surface area contributed by atoms with Crippen LogP contribution >= 0.6 is 0 Å². The summed E-state index contributed by atoms with van der Waals surface area (Å²) in [6, 6.07) is 11.8. The molecule has 3 nitrogen and oxygen atoms in total. The van der Waals surface area contributed by atoms with Crippen molar-refractivity contribution in [3.63, 3.8) is 0 Å². The van der Waals surface area contributed by atoms with Gasteiger partial charge in [-0.15, -0.1) is 0 Å². The Balaban J connectivity index is 1.74. The van der Waals surface area contributed by atoms with Gasteiger partial charge in [-0.3, -0.25) is 0 Å². The molecule has 0 bridgehead atoms. The van der Waals surface area contributed by atoms with Gasteiger partial charge in [0, 0.05) is 11.6 Å². The predicted octanol–water partition coefficient (Wildman–Crippen LogP) is 3.50. The molecule has 1 atom stereocenters. The Morgan fingerprint density at radius 3 is 2.65 bits per heavy atom. The maximum Gasteiger partial charge on any atom is 0.216 e. The second-order valence-corrected chi connectivity index (χ2v) is 7.83. The van der Waals surface area contributed by atoms with Crippen LogP contribution in [0.3, 0.4) is 0 Å². The molecule has 2 aromatic rings. The fourth-order valence-corrected chi connectivity index (χ4v) is 4.46. The fraction of sp³-hybridized carbons (Fsp3) is 0.333. The van der Waals surface area contributed by atoms with Crippen LogP contribution in [0.15, 0.2) is 42.5 Å². The third kappa shape index (κ3) is 3.79. The maximum absolute atomic E-state index is 13.6. The van der Waals surface area contributed by atoms with Gasteiger partial charge in [-0.1, -0.05) is 36.4 Å². The molecular weight excluding hydrogens is 313 g/mol. The lowest BCUT2D eigenvalue weighted by Crippen LogP contribution is -2.28. The maximum atomic E-state index is 13.6. The lowest BCUT2D eigenvalue weighted by molar-refractivity contribution is 0.561. The van der Waals surface area contributed by atoms with E-state index >= 15 is 0 Å². The number of halogens is 1. The Hall–Kier alpha value is -1.72. The highest BCUT2D eigenvalue weighted by atomic mass is 32.2. The second kappa shape index (κ2) is 6.42. The van der Waals surface area contributed by atoms with Crippen molar-refractivity contribution in [2.75, 3.05) is 0 Å². The van der Waals surface area contributed by atoms with E-state index in [-0.39, 0.29) is 17.4 Å². The zero-order chi connectivity index (χ0) is 16.4. The van der Waals surface area contributed by atoms with Gasteiger partial charge in [-0.05, 0) is 48.9 Å². The van der Waals surface area contributed by atoms with Gasteiger partial charge in [-0.25, -0.2) is 17.5 Å². The summed E-state index contributed by atoms with van der Waals surface area (Å²) in [5, 5.41) is 0. The SMILES string of the molecule is C[C@@H](NS(=O)(=O)Cc1ccccc1F)c1ccc2c(c1)CCC2. The van der Waals surface area contributed by atoms with Crippen molar-refractivity contribution < 1.29 is 12.8 Å². The summed E-state index contributed by atoms with van der Waals surface area (Å²) in [5.41, 5.74) is 3.79. The molecule has 0 spiro atoms. The van der Waals surface area contributed by atoms with Crippen LogP contribution in [-0.2, 0) is 28.6 Å². The summed E-state index contributed by atoms with van der Waals surface area (Å²) in [5.74, 6) is -0.849. The number of benzene rings is 2. The van der Waals surface area contributed by atoms with Crippen molar-refractivity contribution in [2.45, 2.75) is 38.0 Å². The number of rotatable bonds is 5. The first-order chi connectivity index (χ1) is 10.9. The van der Waals surface area contributed by atoms with E-state index < -0.39 is 15.8 Å². The van der Waals surface area contributed by atoms with Gasteiger partial charge in [0.1, 0.15) is 5.82 Å². The van der Waals surface area contributed by atoms with E-state index in [4.69, 9.17) is 0 Å². The van der Waals surface area contributed by atoms with Crippen LogP contribution in [0, 0.1) is 5.82 Å². The molecule has 1 N–H and O–H groups in total. The molecule has 0 aromatic heterocycles. The third-order valence-electron chi connectivity index (χ3n) is 4.28. The van der Waals surface area contributed by atoms with Gasteiger partial charge in [-0.2, -0.15) is 0 Å². The summed E-state index contributed by atoms with van der Waals surface area (Å²) in [7, 11) is -3.61. The molecule has 3 rings (SSSR count). The normalized spacial score (nSPS) is 15.4. The first-order valence-corrected chi connectivity index (χ1v) is 9.45. The number of aryl methyl sites for hydroxylation is 2. The van der Waals surface area contributed by atoms with Crippen LogP contribution in [0.5, 0.6) is 0 Å². The number of sulfonamides is 1. The molecule has 0 heterocycles. The molecule has 0 fully saturated rings. The van der Waals surface area contributed by atoms with E-state index in [0.717, 1.165) is 24.8 Å². The van der Waals surface area contributed by atoms with Crippen LogP contribution in [0.2, 0.25) is 0 Å². The van der Waals surface area contributed by atoms with Gasteiger partial charge < -0.3 is 0 Å². The first kappa shape index (κ1) is 16.1. The van der Waals surface area contributed by atoms with Gasteiger partial charge in [0.25, 0.3) is 0 Å². The lowest BCUT2D eigenvalue weighted by atomic mass is 10.0. The Kier molecular flexibility index (Phi) is 4.50. The standard InChI is InChI=1S/C18H20FNO2S/c1-13(15-10-9-14-6-4-7-16(14)11-15)20-23(21,22)12-17-5-2-3-8-18(17)19/h2-3,5,8-11,13,20H,4,6-7,12H2,1H3/t13-/m1/s1. The number of nitrogens with one attached hydrogen (secondary N) is 1. The number of fused-ring (bicyclic) bond motifs is 1. The molecule has 0 aliphatic heterocycles. The quantitative estimate of drug-likeness (QED) is 0.910. The fourth-order valence-electron chi connectivity index (χ4n) is 3.06. The highest BCUT2D eigenvalue weighted by Gasteiger charge is 2.19. The lowest BCUT2D eigenvalue weighted by Gasteiger charge is -2.16. The minimum Gasteiger partial charge on any atom is -0.212 e. The summed E-state index contributed by atoms with van der Waals surface area (Å²) in [6.45, 7) is 1.82. The van der Waals surface area contributed by atoms with Crippen molar-refractivity contribution in [1.82, 2.24) is 4.72 Å². The summed E-state index contributed by atoms with van der Waals surface area (Å²) < 4.78 is 40.9. The molecule has 0 amide bonds. The summed E-state index contributed by atoms with van der Waals surface area (Å²) in [4.78, 5) is 0. The molecular formula is C18H20FNO2S. The van der Waals surface area contributed by atoms with Gasteiger partial charge in [0.05, 0.1) is 5.75 Å². The van der Waals surface area contributed by atoms with E-state index in [0.29, 0.717) is 0 Å². The molecule has 0 saturated heterocycles. The Morgan fingerprint density at radius 1 is 1.13 bits per heavy atom. The molecule has 1 aliphatic carbocycles. The van der Waals surface area contributed by atoms with Crippen molar-refractivity contribution >= 4 is 10.0 Å². The van der Waals surface area contributed by atoms with Gasteiger partial charge in [0.15, 0.2) is 0 Å². The first-order valence-electron chi connectivity index (χ1n) is 7.80. The molecule has 5 heteroatoms. The highest BCUT2D eigenvalue weighted by Crippen LogP contribution is 2.26. The zero-order valence-electron chi connectivity index (χ0n) is 13.0. The largest absolute Gasteiger partial charge is 0.216 e. The topological polar surface area (TPSA) is 46.2 Å². The number of hydrogen-bond acceptors (Lipinski definition) is 2. The molecule has 0 saturated carbocycles. The Labute approximate surface area is 136 Å². The van der Waals surface area contributed by atoms with E-state index in [1.165, 1.54) is 23.3 Å². The Bertz CT molecular complexity index is 818. The van der Waals surface area contributed by atoms with E-state index in [9.17, 15) is 12.8 Å². The molecule has 0 radical (unpaired) electrons. The average molecular weight is 333 g/mol. The van der Waals surface area contributed by atoms with E-state index in [1.807, 2.05) is 13.0 Å². The van der Waals surface area contributed by atoms with E-state index in [2.05, 4.69) is 16.9 Å². The minimum absolute atomic E-state index is 0.182. The average Bonchev–Trinajstić information content (AvgIpc) is 2.96. The van der Waals surface area contributed by atoms with Crippen LogP contribution in [0.4, 0.5) is 4.39 Å². The zero-order valence-corrected chi connectivity index (χ0v) is 13.9. The minimum atomic E-state index is -3.61. The van der Waals surface area contributed by atoms with Gasteiger partial charge in [0.2, 0.25) is 10.0 Å². The predicted molar refractivity (Wildman–Crippen MR) is 89.0 cm³/mol. The van der Waals surface area contributed by atoms with Crippen molar-refractivity contribution in [2.24, 2.45) is 0 Å². The molecule has 122 valence electrons. The van der Waals surface area contributed by atoms with Crippen molar-refractivity contribution in [1.29, 1.82) is 0 Å². The van der Waals surface area contributed by atoms with Crippen LogP contribution in [0.25, 0.3) is 0 Å².